The van der Waals surface area contributed by atoms with E-state index in [1.54, 1.807) is 22.8 Å². The Labute approximate surface area is 162 Å². The normalized spacial score (nSPS) is 19.8. The molecular weight excluding hydrogens is 358 g/mol. The van der Waals surface area contributed by atoms with E-state index in [0.29, 0.717) is 12.2 Å². The van der Waals surface area contributed by atoms with E-state index in [2.05, 4.69) is 29.0 Å². The third-order valence-electron chi connectivity index (χ3n) is 4.90. The Balaban J connectivity index is 1.45. The lowest BCUT2D eigenvalue weighted by atomic mass is 9.92. The average molecular weight is 379 g/mol. The molecule has 0 saturated carbocycles. The summed E-state index contributed by atoms with van der Waals surface area (Å²) >= 11 is 1.47. The van der Waals surface area contributed by atoms with Gasteiger partial charge in [0.05, 0.1) is 16.0 Å². The van der Waals surface area contributed by atoms with Gasteiger partial charge < -0.3 is 9.64 Å². The number of amides is 1. The molecule has 138 valence electrons. The molecule has 3 aromatic rings. The van der Waals surface area contributed by atoms with Gasteiger partial charge in [-0.25, -0.2) is 4.98 Å². The van der Waals surface area contributed by atoms with E-state index in [4.69, 9.17) is 4.74 Å². The molecule has 5 nitrogen and oxygen atoms in total. The zero-order chi connectivity index (χ0) is 18.7. The summed E-state index contributed by atoms with van der Waals surface area (Å²) in [4.78, 5) is 24.0. The summed E-state index contributed by atoms with van der Waals surface area (Å²) in [5, 5.41) is 0. The summed E-state index contributed by atoms with van der Waals surface area (Å²) in [5.74, 6) is -0.0789. The maximum Gasteiger partial charge on any atom is 0.275 e. The van der Waals surface area contributed by atoms with Crippen LogP contribution in [0.5, 0.6) is 0 Å². The van der Waals surface area contributed by atoms with Crippen LogP contribution < -0.4 is 0 Å². The van der Waals surface area contributed by atoms with Crippen molar-refractivity contribution in [3.63, 3.8) is 0 Å². The predicted molar refractivity (Wildman–Crippen MR) is 106 cm³/mol. The van der Waals surface area contributed by atoms with Gasteiger partial charge in [0.15, 0.2) is 0 Å². The van der Waals surface area contributed by atoms with E-state index < -0.39 is 0 Å². The number of nitrogens with zero attached hydrogens (tertiary/aromatic N) is 3. The first-order valence-electron chi connectivity index (χ1n) is 8.96. The number of hydrogen-bond donors (Lipinski definition) is 0. The van der Waals surface area contributed by atoms with Gasteiger partial charge >= 0.3 is 0 Å². The highest BCUT2D eigenvalue weighted by Crippen LogP contribution is 2.30. The van der Waals surface area contributed by atoms with Crippen molar-refractivity contribution in [2.75, 3.05) is 13.3 Å². The van der Waals surface area contributed by atoms with Crippen LogP contribution in [-0.2, 0) is 11.2 Å². The van der Waals surface area contributed by atoms with E-state index >= 15 is 0 Å². The van der Waals surface area contributed by atoms with Crippen LogP contribution in [0.25, 0.3) is 10.4 Å². The number of ether oxygens (including phenoxy) is 1. The lowest BCUT2D eigenvalue weighted by Crippen LogP contribution is -2.48. The molecule has 2 aromatic heterocycles. The quantitative estimate of drug-likeness (QED) is 0.687. The first-order chi connectivity index (χ1) is 13.1. The molecule has 3 heterocycles. The molecule has 0 aliphatic carbocycles. The number of pyridine rings is 1. The smallest absolute Gasteiger partial charge is 0.275 e. The number of benzene rings is 1. The molecule has 6 heteroatoms. The minimum atomic E-state index is -0.256. The summed E-state index contributed by atoms with van der Waals surface area (Å²) < 4.78 is 6.12. The van der Waals surface area contributed by atoms with Crippen molar-refractivity contribution in [2.45, 2.75) is 25.4 Å². The second-order valence-corrected chi connectivity index (χ2v) is 7.83. The summed E-state index contributed by atoms with van der Waals surface area (Å²) in [6.45, 7) is 3.07. The van der Waals surface area contributed by atoms with Gasteiger partial charge in [0.2, 0.25) is 0 Å². The first-order valence-corrected chi connectivity index (χ1v) is 9.84. The minimum absolute atomic E-state index is 0.0789. The Morgan fingerprint density at radius 1 is 1.22 bits per heavy atom. The first kappa shape index (κ1) is 17.8. The number of aromatic nitrogens is 2. The fourth-order valence-corrected chi connectivity index (χ4v) is 4.11. The molecule has 1 amide bonds. The van der Waals surface area contributed by atoms with Crippen LogP contribution in [0.15, 0.2) is 60.4 Å². The molecule has 1 aliphatic heterocycles. The van der Waals surface area contributed by atoms with Gasteiger partial charge in [0.1, 0.15) is 12.4 Å². The van der Waals surface area contributed by atoms with Crippen LogP contribution in [0.3, 0.4) is 0 Å². The number of thiazole rings is 1. The topological polar surface area (TPSA) is 55.3 Å². The molecule has 1 aliphatic rings. The van der Waals surface area contributed by atoms with Crippen molar-refractivity contribution in [3.05, 3.63) is 71.6 Å². The van der Waals surface area contributed by atoms with Crippen molar-refractivity contribution in [2.24, 2.45) is 0 Å². The van der Waals surface area contributed by atoms with Crippen molar-refractivity contribution < 1.29 is 9.53 Å². The molecule has 0 bridgehead atoms. The second kappa shape index (κ2) is 7.58. The van der Waals surface area contributed by atoms with Crippen molar-refractivity contribution in [3.8, 4) is 10.4 Å². The third kappa shape index (κ3) is 3.91. The van der Waals surface area contributed by atoms with E-state index in [1.807, 2.05) is 30.3 Å². The van der Waals surface area contributed by atoms with Crippen LogP contribution in [0.1, 0.15) is 29.4 Å². The SMILES string of the molecule is CC1(Cc2ccccc2)CCN(C(=O)c2ncsc2-c2ccncc2)CO1. The molecule has 0 spiro atoms. The molecule has 0 N–H and O–H groups in total. The standard InChI is InChI=1S/C21H21N3O2S/c1-21(13-16-5-3-2-4-6-16)9-12-24(15-26-21)20(25)18-19(27-14-23-18)17-7-10-22-11-8-17/h2-8,10-11,14H,9,12-13,15H2,1H3. The summed E-state index contributed by atoms with van der Waals surface area (Å²) in [6, 6.07) is 14.1. The van der Waals surface area contributed by atoms with Crippen LogP contribution >= 0.6 is 11.3 Å². The number of carbonyl (C=O) groups excluding carboxylic acids is 1. The maximum absolute atomic E-state index is 13.0. The van der Waals surface area contributed by atoms with E-state index in [9.17, 15) is 4.79 Å². The van der Waals surface area contributed by atoms with Gasteiger partial charge in [-0.1, -0.05) is 30.3 Å². The third-order valence-corrected chi connectivity index (χ3v) is 5.78. The molecule has 1 fully saturated rings. The number of rotatable bonds is 4. The van der Waals surface area contributed by atoms with Crippen LogP contribution in [0.4, 0.5) is 0 Å². The zero-order valence-electron chi connectivity index (χ0n) is 15.2. The molecule has 0 radical (unpaired) electrons. The number of hydrogen-bond acceptors (Lipinski definition) is 5. The zero-order valence-corrected chi connectivity index (χ0v) is 16.0. The maximum atomic E-state index is 13.0. The van der Waals surface area contributed by atoms with E-state index in [-0.39, 0.29) is 18.2 Å². The van der Waals surface area contributed by atoms with Crippen LogP contribution in [0.2, 0.25) is 0 Å². The predicted octanol–water partition coefficient (Wildman–Crippen LogP) is 4.03. The van der Waals surface area contributed by atoms with Crippen molar-refractivity contribution in [1.29, 1.82) is 0 Å². The fraction of sp³-hybridized carbons (Fsp3) is 0.286. The molecular formula is C21H21N3O2S. The molecule has 27 heavy (non-hydrogen) atoms. The Morgan fingerprint density at radius 3 is 2.70 bits per heavy atom. The highest BCUT2D eigenvalue weighted by molar-refractivity contribution is 7.13. The summed E-state index contributed by atoms with van der Waals surface area (Å²) in [7, 11) is 0. The lowest BCUT2D eigenvalue weighted by Gasteiger charge is -2.39. The summed E-state index contributed by atoms with van der Waals surface area (Å²) in [6.07, 6.45) is 5.09. The minimum Gasteiger partial charge on any atom is -0.354 e. The lowest BCUT2D eigenvalue weighted by molar-refractivity contribution is -0.115. The highest BCUT2D eigenvalue weighted by atomic mass is 32.1. The Bertz CT molecular complexity index is 903. The van der Waals surface area contributed by atoms with Crippen LogP contribution in [0, 0.1) is 0 Å². The van der Waals surface area contributed by atoms with Gasteiger partial charge in [0, 0.05) is 25.4 Å². The van der Waals surface area contributed by atoms with Gasteiger partial charge in [-0.2, -0.15) is 0 Å². The second-order valence-electron chi connectivity index (χ2n) is 6.97. The van der Waals surface area contributed by atoms with Gasteiger partial charge in [-0.3, -0.25) is 9.78 Å². The van der Waals surface area contributed by atoms with E-state index in [1.165, 1.54) is 16.9 Å². The molecule has 4 rings (SSSR count). The van der Waals surface area contributed by atoms with Gasteiger partial charge in [0.25, 0.3) is 5.91 Å². The largest absolute Gasteiger partial charge is 0.354 e. The molecule has 1 unspecified atom stereocenters. The summed E-state index contributed by atoms with van der Waals surface area (Å²) in [5.41, 5.74) is 4.16. The Morgan fingerprint density at radius 2 is 2.00 bits per heavy atom. The Hall–Kier alpha value is -2.57. The number of carbonyl (C=O) groups is 1. The Kier molecular flexibility index (Phi) is 5.01. The van der Waals surface area contributed by atoms with E-state index in [0.717, 1.165) is 23.3 Å². The fourth-order valence-electron chi connectivity index (χ4n) is 3.33. The molecule has 1 saturated heterocycles. The average Bonchev–Trinajstić information content (AvgIpc) is 3.19. The molecule has 1 aromatic carbocycles. The van der Waals surface area contributed by atoms with Crippen LogP contribution in [-0.4, -0.2) is 39.7 Å². The van der Waals surface area contributed by atoms with Gasteiger partial charge in [-0.05, 0) is 36.6 Å². The van der Waals surface area contributed by atoms with Gasteiger partial charge in [-0.15, -0.1) is 11.3 Å². The highest BCUT2D eigenvalue weighted by Gasteiger charge is 2.34. The monoisotopic (exact) mass is 379 g/mol. The van der Waals surface area contributed by atoms with Crippen molar-refractivity contribution >= 4 is 17.2 Å². The molecule has 1 atom stereocenters. The van der Waals surface area contributed by atoms with Crippen molar-refractivity contribution in [1.82, 2.24) is 14.9 Å².